The number of hydrogen-bond donors (Lipinski definition) is 1. The van der Waals surface area contributed by atoms with Crippen LogP contribution in [0.15, 0.2) is 29.6 Å². The van der Waals surface area contributed by atoms with E-state index in [-0.39, 0.29) is 17.3 Å². The molecule has 7 heteroatoms. The first-order chi connectivity index (χ1) is 9.83. The third-order valence-corrected chi connectivity index (χ3v) is 6.18. The third kappa shape index (κ3) is 2.75. The first-order valence-electron chi connectivity index (χ1n) is 6.69. The maximum Gasteiger partial charge on any atom is 0.188 e. The van der Waals surface area contributed by atoms with Crippen molar-refractivity contribution in [3.63, 3.8) is 0 Å². The quantitative estimate of drug-likeness (QED) is 0.877. The predicted octanol–water partition coefficient (Wildman–Crippen LogP) is 1.67. The van der Waals surface area contributed by atoms with Gasteiger partial charge in [0, 0.05) is 31.3 Å². The molecule has 0 atom stereocenters. The molecule has 0 unspecified atom stereocenters. The van der Waals surface area contributed by atoms with Gasteiger partial charge in [-0.05, 0) is 26.7 Å². The third-order valence-electron chi connectivity index (χ3n) is 3.63. The van der Waals surface area contributed by atoms with Gasteiger partial charge in [-0.1, -0.05) is 0 Å². The minimum atomic E-state index is -3.61. The van der Waals surface area contributed by atoms with E-state index in [9.17, 15) is 8.42 Å². The molecule has 0 aliphatic rings. The molecule has 2 aromatic heterocycles. The maximum absolute atomic E-state index is 12.9. The van der Waals surface area contributed by atoms with Crippen molar-refractivity contribution in [3.05, 3.63) is 24.7 Å². The number of hydrogen-bond acceptors (Lipinski definition) is 5. The Morgan fingerprint density at radius 3 is 2.76 bits per heavy atom. The fourth-order valence-electron chi connectivity index (χ4n) is 2.22. The lowest BCUT2D eigenvalue weighted by molar-refractivity contribution is 0.278. The molecule has 2 aromatic rings. The molecule has 1 N–H and O–H groups in total. The van der Waals surface area contributed by atoms with Gasteiger partial charge in [0.1, 0.15) is 16.3 Å². The van der Waals surface area contributed by atoms with Crippen molar-refractivity contribution in [2.45, 2.75) is 36.3 Å². The fourth-order valence-corrected chi connectivity index (χ4v) is 3.89. The van der Waals surface area contributed by atoms with Gasteiger partial charge in [0.15, 0.2) is 9.84 Å². The molecule has 0 amide bonds. The van der Waals surface area contributed by atoms with Gasteiger partial charge in [0.25, 0.3) is 0 Å². The standard InChI is InChI=1S/C14H20N2O4S/c1-14(2,5-4-8-17)21(18,19)12-10-16-7-6-15-13(16)9-11(12)20-3/h6-7,9-10,17H,4-5,8H2,1-3H3. The van der Waals surface area contributed by atoms with E-state index in [4.69, 9.17) is 9.84 Å². The molecule has 21 heavy (non-hydrogen) atoms. The van der Waals surface area contributed by atoms with Crippen LogP contribution in [-0.4, -0.2) is 41.4 Å². The zero-order chi connectivity index (χ0) is 15.7. The molecule has 116 valence electrons. The number of ether oxygens (including phenoxy) is 1. The number of imidazole rings is 1. The van der Waals surface area contributed by atoms with Gasteiger partial charge >= 0.3 is 0 Å². The summed E-state index contributed by atoms with van der Waals surface area (Å²) in [5.74, 6) is 0.283. The molecular formula is C14H20N2O4S. The molecule has 0 radical (unpaired) electrons. The Hall–Kier alpha value is -1.60. The summed E-state index contributed by atoms with van der Waals surface area (Å²) in [5.41, 5.74) is 0.624. The Labute approximate surface area is 124 Å². The molecule has 0 saturated heterocycles. The Bertz CT molecular complexity index is 735. The van der Waals surface area contributed by atoms with Crippen LogP contribution in [0.4, 0.5) is 0 Å². The average Bonchev–Trinajstić information content (AvgIpc) is 2.90. The van der Waals surface area contributed by atoms with E-state index >= 15 is 0 Å². The van der Waals surface area contributed by atoms with Crippen LogP contribution in [0.3, 0.4) is 0 Å². The summed E-state index contributed by atoms with van der Waals surface area (Å²) in [5, 5.41) is 8.95. The van der Waals surface area contributed by atoms with E-state index in [0.29, 0.717) is 18.5 Å². The number of aliphatic hydroxyl groups is 1. The average molecular weight is 312 g/mol. The number of aromatic nitrogens is 2. The molecule has 0 aliphatic carbocycles. The van der Waals surface area contributed by atoms with Crippen molar-refractivity contribution >= 4 is 15.5 Å². The summed E-state index contributed by atoms with van der Waals surface area (Å²) in [6, 6.07) is 1.61. The molecule has 0 fully saturated rings. The summed E-state index contributed by atoms with van der Waals surface area (Å²) in [6.07, 6.45) is 5.62. The molecule has 2 rings (SSSR count). The minimum Gasteiger partial charge on any atom is -0.495 e. The number of fused-ring (bicyclic) bond motifs is 1. The Balaban J connectivity index is 2.57. The van der Waals surface area contributed by atoms with E-state index in [1.54, 1.807) is 36.7 Å². The SMILES string of the molecule is COc1cc2nccn2cc1S(=O)(=O)C(C)(C)CCCO. The molecule has 2 heterocycles. The lowest BCUT2D eigenvalue weighted by atomic mass is 10.1. The molecule has 0 saturated carbocycles. The molecular weight excluding hydrogens is 292 g/mol. The second-order valence-corrected chi connectivity index (χ2v) is 8.04. The maximum atomic E-state index is 12.9. The second-order valence-electron chi connectivity index (χ2n) is 5.49. The monoisotopic (exact) mass is 312 g/mol. The summed E-state index contributed by atoms with van der Waals surface area (Å²) in [7, 11) is -2.17. The van der Waals surface area contributed by atoms with Gasteiger partial charge in [-0.15, -0.1) is 0 Å². The van der Waals surface area contributed by atoms with Crippen molar-refractivity contribution in [3.8, 4) is 5.75 Å². The number of sulfone groups is 1. The predicted molar refractivity (Wildman–Crippen MR) is 79.3 cm³/mol. The normalized spacial score (nSPS) is 12.8. The summed E-state index contributed by atoms with van der Waals surface area (Å²) in [4.78, 5) is 4.25. The zero-order valence-corrected chi connectivity index (χ0v) is 13.2. The fraction of sp³-hybridized carbons (Fsp3) is 0.500. The first kappa shape index (κ1) is 15.8. The highest BCUT2D eigenvalue weighted by molar-refractivity contribution is 7.92. The number of nitrogens with zero attached hydrogens (tertiary/aromatic N) is 2. The van der Waals surface area contributed by atoms with E-state index in [1.807, 2.05) is 0 Å². The first-order valence-corrected chi connectivity index (χ1v) is 8.18. The number of rotatable bonds is 6. The van der Waals surface area contributed by atoms with Crippen LogP contribution in [0.1, 0.15) is 26.7 Å². The van der Waals surface area contributed by atoms with Crippen LogP contribution >= 0.6 is 0 Å². The van der Waals surface area contributed by atoms with Crippen LogP contribution in [0.5, 0.6) is 5.75 Å². The van der Waals surface area contributed by atoms with Gasteiger partial charge in [0.2, 0.25) is 0 Å². The van der Waals surface area contributed by atoms with Gasteiger partial charge in [0.05, 0.1) is 11.9 Å². The van der Waals surface area contributed by atoms with Crippen molar-refractivity contribution in [1.82, 2.24) is 9.38 Å². The van der Waals surface area contributed by atoms with Crippen molar-refractivity contribution in [2.24, 2.45) is 0 Å². The Kier molecular flexibility index (Phi) is 4.25. The summed E-state index contributed by atoms with van der Waals surface area (Å²) >= 11 is 0. The topological polar surface area (TPSA) is 80.9 Å². The summed E-state index contributed by atoms with van der Waals surface area (Å²) in [6.45, 7) is 3.29. The lowest BCUT2D eigenvalue weighted by Gasteiger charge is -2.25. The minimum absolute atomic E-state index is 0.0311. The molecule has 0 spiro atoms. The highest BCUT2D eigenvalue weighted by atomic mass is 32.2. The van der Waals surface area contributed by atoms with Crippen LogP contribution in [0.2, 0.25) is 0 Å². The second kappa shape index (κ2) is 5.65. The lowest BCUT2D eigenvalue weighted by Crippen LogP contribution is -2.32. The Morgan fingerprint density at radius 1 is 1.43 bits per heavy atom. The smallest absolute Gasteiger partial charge is 0.188 e. The van der Waals surface area contributed by atoms with Crippen LogP contribution < -0.4 is 4.74 Å². The summed E-state index contributed by atoms with van der Waals surface area (Å²) < 4.78 is 31.7. The van der Waals surface area contributed by atoms with E-state index in [1.165, 1.54) is 13.3 Å². The van der Waals surface area contributed by atoms with E-state index < -0.39 is 14.6 Å². The van der Waals surface area contributed by atoms with Crippen LogP contribution in [0, 0.1) is 0 Å². The van der Waals surface area contributed by atoms with Crippen LogP contribution in [0.25, 0.3) is 5.65 Å². The number of aliphatic hydroxyl groups excluding tert-OH is 1. The van der Waals surface area contributed by atoms with Crippen molar-refractivity contribution in [2.75, 3.05) is 13.7 Å². The molecule has 0 aromatic carbocycles. The van der Waals surface area contributed by atoms with Crippen LogP contribution in [-0.2, 0) is 9.84 Å². The molecule has 6 nitrogen and oxygen atoms in total. The number of methoxy groups -OCH3 is 1. The number of pyridine rings is 1. The van der Waals surface area contributed by atoms with Gasteiger partial charge in [-0.25, -0.2) is 13.4 Å². The largest absolute Gasteiger partial charge is 0.495 e. The highest BCUT2D eigenvalue weighted by Crippen LogP contribution is 2.35. The highest BCUT2D eigenvalue weighted by Gasteiger charge is 2.37. The van der Waals surface area contributed by atoms with Gasteiger partial charge in [-0.2, -0.15) is 0 Å². The molecule has 0 bridgehead atoms. The van der Waals surface area contributed by atoms with Crippen molar-refractivity contribution < 1.29 is 18.3 Å². The van der Waals surface area contributed by atoms with E-state index in [0.717, 1.165) is 0 Å². The van der Waals surface area contributed by atoms with Gasteiger partial charge < -0.3 is 14.2 Å². The van der Waals surface area contributed by atoms with E-state index in [2.05, 4.69) is 4.98 Å². The van der Waals surface area contributed by atoms with Crippen molar-refractivity contribution in [1.29, 1.82) is 0 Å². The zero-order valence-electron chi connectivity index (χ0n) is 12.4. The molecule has 0 aliphatic heterocycles. The van der Waals surface area contributed by atoms with Gasteiger partial charge in [-0.3, -0.25) is 0 Å². The Morgan fingerprint density at radius 2 is 2.14 bits per heavy atom.